The normalized spacial score (nSPS) is 8.43. The molecule has 0 aromatic heterocycles. The number of unbranched alkanes of at least 4 members (excludes halogenated alkanes) is 2. The van der Waals surface area contributed by atoms with Gasteiger partial charge in [0.15, 0.2) is 5.05 Å². The Hall–Kier alpha value is 0.390. The second kappa shape index (κ2) is 15.8. The highest BCUT2D eigenvalue weighted by molar-refractivity contribution is 7.80. The van der Waals surface area contributed by atoms with Crippen molar-refractivity contribution in [2.45, 2.75) is 19.3 Å². The molecule has 0 saturated heterocycles. The zero-order valence-corrected chi connectivity index (χ0v) is 10.9. The Kier molecular flexibility index (Phi) is 22.5. The molecule has 0 saturated carbocycles. The van der Waals surface area contributed by atoms with E-state index in [1.807, 2.05) is 7.05 Å². The Morgan fingerprint density at radius 2 is 1.93 bits per heavy atom. The van der Waals surface area contributed by atoms with Crippen molar-refractivity contribution >= 4 is 42.1 Å². The van der Waals surface area contributed by atoms with Crippen molar-refractivity contribution in [3.8, 4) is 0 Å². The maximum absolute atomic E-state index is 5.34. The van der Waals surface area contributed by atoms with Crippen LogP contribution in [0.1, 0.15) is 19.3 Å². The number of nitrogens with one attached hydrogen (secondary N) is 1. The molecule has 0 unspecified atom stereocenters. The van der Waals surface area contributed by atoms with Gasteiger partial charge in [0.2, 0.25) is 0 Å². The first-order valence-electron chi connectivity index (χ1n) is 4.31. The largest absolute Gasteiger partial charge is 0.486 e. The Morgan fingerprint density at radius 3 is 2.43 bits per heavy atom. The minimum Gasteiger partial charge on any atom is -0.486 e. The fraction of sp³-hybridized carbons (Fsp3) is 0.875. The van der Waals surface area contributed by atoms with E-state index in [1.165, 1.54) is 0 Å². The lowest BCUT2D eigenvalue weighted by atomic mass is 10.2. The zero-order valence-electron chi connectivity index (χ0n) is 8.45. The van der Waals surface area contributed by atoms with Crippen LogP contribution in [0.2, 0.25) is 0 Å². The van der Waals surface area contributed by atoms with E-state index in [-0.39, 0.29) is 24.8 Å². The molecule has 14 heavy (non-hydrogen) atoms. The first kappa shape index (κ1) is 19.9. The average Bonchev–Trinajstić information content (AvgIpc) is 2.05. The molecule has 88 valence electrons. The summed E-state index contributed by atoms with van der Waals surface area (Å²) in [4.78, 5) is 0. The molecular weight excluding hydrogens is 243 g/mol. The van der Waals surface area contributed by atoms with Crippen LogP contribution in [-0.2, 0) is 4.74 Å². The van der Waals surface area contributed by atoms with Gasteiger partial charge < -0.3 is 15.8 Å². The van der Waals surface area contributed by atoms with Crippen molar-refractivity contribution < 1.29 is 4.74 Å². The third kappa shape index (κ3) is 14.9. The van der Waals surface area contributed by atoms with Crippen LogP contribution in [0.4, 0.5) is 0 Å². The lowest BCUT2D eigenvalue weighted by Crippen LogP contribution is -2.19. The summed E-state index contributed by atoms with van der Waals surface area (Å²) < 4.78 is 5.26. The zero-order chi connectivity index (χ0) is 9.23. The second-order valence-corrected chi connectivity index (χ2v) is 3.06. The number of halogens is 2. The van der Waals surface area contributed by atoms with Crippen LogP contribution in [-0.4, -0.2) is 31.8 Å². The van der Waals surface area contributed by atoms with Crippen molar-refractivity contribution in [2.24, 2.45) is 5.73 Å². The smallest absolute Gasteiger partial charge is 0.173 e. The van der Waals surface area contributed by atoms with Gasteiger partial charge in [0, 0.05) is 0 Å². The highest BCUT2D eigenvalue weighted by Gasteiger charge is 1.94. The Morgan fingerprint density at radius 1 is 1.29 bits per heavy atom. The van der Waals surface area contributed by atoms with Crippen molar-refractivity contribution in [1.82, 2.24) is 5.32 Å². The van der Waals surface area contributed by atoms with Gasteiger partial charge in [-0.25, -0.2) is 0 Å². The molecule has 0 rings (SSSR count). The fourth-order valence-electron chi connectivity index (χ4n) is 0.805. The van der Waals surface area contributed by atoms with E-state index in [2.05, 4.69) is 5.32 Å². The molecule has 0 amide bonds. The number of hydrogen-bond donors (Lipinski definition) is 2. The number of nitrogens with two attached hydrogens (primary N) is 1. The minimum atomic E-state index is 0. The van der Waals surface area contributed by atoms with Crippen LogP contribution in [0.3, 0.4) is 0 Å². The van der Waals surface area contributed by atoms with Gasteiger partial charge in [-0.1, -0.05) is 0 Å². The van der Waals surface area contributed by atoms with Gasteiger partial charge in [-0.15, -0.1) is 24.8 Å². The molecule has 6 heteroatoms. The summed E-state index contributed by atoms with van der Waals surface area (Å²) in [6.45, 7) is 2.15. The molecule has 0 fully saturated rings. The molecule has 0 atom stereocenters. The van der Waals surface area contributed by atoms with E-state index in [0.29, 0.717) is 11.6 Å². The van der Waals surface area contributed by atoms with E-state index >= 15 is 0 Å². The quantitative estimate of drug-likeness (QED) is 0.540. The van der Waals surface area contributed by atoms with Crippen LogP contribution in [0, 0.1) is 0 Å². The lowest BCUT2D eigenvalue weighted by molar-refractivity contribution is 0.295. The summed E-state index contributed by atoms with van der Waals surface area (Å²) in [5.74, 6) is 0. The molecule has 0 radical (unpaired) electrons. The number of hydrogen-bond acceptors (Lipinski definition) is 4. The number of likely N-dealkylation sites (N-methyl/N-ethyl adjacent to an activating group) is 1. The lowest BCUT2D eigenvalue weighted by Gasteiger charge is -2.05. The summed E-state index contributed by atoms with van der Waals surface area (Å²) >= 11 is 4.92. The first-order valence-corrected chi connectivity index (χ1v) is 4.72. The van der Waals surface area contributed by atoms with Gasteiger partial charge in [-0.3, -0.25) is 0 Å². The molecule has 0 aliphatic rings. The van der Waals surface area contributed by atoms with Crippen molar-refractivity contribution in [1.29, 1.82) is 0 Å². The molecular formula is C8H20Cl2N2OS. The SMILES string of the molecule is CNCC(=S)OCCCCCN.Cl.Cl. The summed E-state index contributed by atoms with van der Waals surface area (Å²) in [5, 5.41) is 3.58. The van der Waals surface area contributed by atoms with Crippen LogP contribution in [0.15, 0.2) is 0 Å². The first-order chi connectivity index (χ1) is 5.81. The third-order valence-electron chi connectivity index (χ3n) is 1.43. The monoisotopic (exact) mass is 262 g/mol. The van der Waals surface area contributed by atoms with Crippen LogP contribution >= 0.6 is 37.0 Å². The van der Waals surface area contributed by atoms with Gasteiger partial charge in [0.05, 0.1) is 13.2 Å². The van der Waals surface area contributed by atoms with Crippen LogP contribution in [0.5, 0.6) is 0 Å². The second-order valence-electron chi connectivity index (χ2n) is 2.60. The predicted molar refractivity (Wildman–Crippen MR) is 69.9 cm³/mol. The standard InChI is InChI=1S/C8H18N2OS.2ClH/c1-10-7-8(12)11-6-4-2-3-5-9;;/h10H,2-7,9H2,1H3;2*1H. The Labute approximate surface area is 104 Å². The number of rotatable bonds is 7. The molecule has 0 aromatic carbocycles. The van der Waals surface area contributed by atoms with E-state index in [0.717, 1.165) is 32.4 Å². The van der Waals surface area contributed by atoms with E-state index in [1.54, 1.807) is 0 Å². The highest BCUT2D eigenvalue weighted by atomic mass is 35.5. The van der Waals surface area contributed by atoms with E-state index < -0.39 is 0 Å². The van der Waals surface area contributed by atoms with Gasteiger partial charge in [0.1, 0.15) is 0 Å². The molecule has 0 aliphatic heterocycles. The average molecular weight is 263 g/mol. The third-order valence-corrected chi connectivity index (χ3v) is 1.69. The summed E-state index contributed by atoms with van der Waals surface area (Å²) in [6, 6.07) is 0. The molecule has 0 aromatic rings. The molecule has 3 nitrogen and oxygen atoms in total. The fourth-order valence-corrected chi connectivity index (χ4v) is 1.03. The number of thiocarbonyl (C=S) groups is 1. The maximum Gasteiger partial charge on any atom is 0.173 e. The van der Waals surface area contributed by atoms with Crippen LogP contribution in [0.25, 0.3) is 0 Å². The summed E-state index contributed by atoms with van der Waals surface area (Å²) in [5.41, 5.74) is 5.34. The molecule has 3 N–H and O–H groups in total. The van der Waals surface area contributed by atoms with Gasteiger partial charge in [-0.05, 0) is 45.1 Å². The minimum absolute atomic E-state index is 0. The summed E-state index contributed by atoms with van der Waals surface area (Å²) in [6.07, 6.45) is 3.24. The summed E-state index contributed by atoms with van der Waals surface area (Å²) in [7, 11) is 1.85. The van der Waals surface area contributed by atoms with E-state index in [4.69, 9.17) is 22.7 Å². The molecule has 0 spiro atoms. The maximum atomic E-state index is 5.34. The van der Waals surface area contributed by atoms with Gasteiger partial charge in [0.25, 0.3) is 0 Å². The Balaban J connectivity index is -0.000000605. The van der Waals surface area contributed by atoms with Gasteiger partial charge >= 0.3 is 0 Å². The van der Waals surface area contributed by atoms with E-state index in [9.17, 15) is 0 Å². The van der Waals surface area contributed by atoms with Crippen molar-refractivity contribution in [3.05, 3.63) is 0 Å². The Bertz CT molecular complexity index is 128. The van der Waals surface area contributed by atoms with Gasteiger partial charge in [-0.2, -0.15) is 0 Å². The molecule has 0 bridgehead atoms. The molecule has 0 aliphatic carbocycles. The van der Waals surface area contributed by atoms with Crippen LogP contribution < -0.4 is 11.1 Å². The predicted octanol–water partition coefficient (Wildman–Crippen LogP) is 1.52. The van der Waals surface area contributed by atoms with Crippen molar-refractivity contribution in [2.75, 3.05) is 26.7 Å². The number of ether oxygens (including phenoxy) is 1. The topological polar surface area (TPSA) is 47.3 Å². The highest BCUT2D eigenvalue weighted by Crippen LogP contribution is 1.94. The van der Waals surface area contributed by atoms with Crippen molar-refractivity contribution in [3.63, 3.8) is 0 Å². The molecule has 0 heterocycles.